The lowest BCUT2D eigenvalue weighted by Crippen LogP contribution is -2.40. The van der Waals surface area contributed by atoms with Crippen LogP contribution in [0.2, 0.25) is 0 Å². The molecule has 5 nitrogen and oxygen atoms in total. The van der Waals surface area contributed by atoms with Crippen LogP contribution in [0.4, 0.5) is 0 Å². The van der Waals surface area contributed by atoms with E-state index >= 15 is 0 Å². The van der Waals surface area contributed by atoms with Crippen LogP contribution in [0.1, 0.15) is 29.8 Å². The average Bonchev–Trinajstić information content (AvgIpc) is 2.45. The Balaban J connectivity index is 0.00000242. The van der Waals surface area contributed by atoms with Gasteiger partial charge in [-0.25, -0.2) is 0 Å². The summed E-state index contributed by atoms with van der Waals surface area (Å²) in [5, 5.41) is 6.91. The highest BCUT2D eigenvalue weighted by Gasteiger charge is 2.16. The second kappa shape index (κ2) is 7.96. The van der Waals surface area contributed by atoms with Gasteiger partial charge < -0.3 is 15.6 Å². The molecule has 0 unspecified atom stereocenters. The average molecular weight is 324 g/mol. The van der Waals surface area contributed by atoms with Gasteiger partial charge in [0.25, 0.3) is 11.5 Å². The number of hydrogen-bond donors (Lipinski definition) is 3. The number of halogens is 1. The molecule has 1 atom stereocenters. The van der Waals surface area contributed by atoms with Crippen LogP contribution in [0.5, 0.6) is 0 Å². The number of H-pyrrole nitrogens is 1. The third kappa shape index (κ3) is 3.87. The van der Waals surface area contributed by atoms with E-state index in [2.05, 4.69) is 15.6 Å². The fourth-order valence-electron chi connectivity index (χ4n) is 2.44. The van der Waals surface area contributed by atoms with Crippen LogP contribution in [0.15, 0.2) is 29.1 Å². The van der Waals surface area contributed by atoms with Crippen molar-refractivity contribution in [2.24, 2.45) is 0 Å². The summed E-state index contributed by atoms with van der Waals surface area (Å²) >= 11 is 0. The fraction of sp³-hybridized carbons (Fsp3) is 0.375. The molecule has 0 spiro atoms. The normalized spacial score (nSPS) is 11.8. The number of pyridine rings is 1. The van der Waals surface area contributed by atoms with Gasteiger partial charge in [0.2, 0.25) is 0 Å². The van der Waals surface area contributed by atoms with Crippen molar-refractivity contribution in [2.75, 3.05) is 13.1 Å². The maximum atomic E-state index is 12.3. The number of aryl methyl sites for hydroxylation is 1. The van der Waals surface area contributed by atoms with Crippen LogP contribution in [0, 0.1) is 6.92 Å². The van der Waals surface area contributed by atoms with E-state index in [1.165, 1.54) is 0 Å². The Kier molecular flexibility index (Phi) is 6.59. The van der Waals surface area contributed by atoms with Gasteiger partial charge in [-0.3, -0.25) is 9.59 Å². The molecule has 1 heterocycles. The zero-order valence-corrected chi connectivity index (χ0v) is 13.8. The molecule has 0 saturated heterocycles. The Morgan fingerprint density at radius 1 is 1.32 bits per heavy atom. The second-order valence-corrected chi connectivity index (χ2v) is 5.17. The predicted octanol–water partition coefficient (Wildman–Crippen LogP) is 1.99. The Labute approximate surface area is 135 Å². The van der Waals surface area contributed by atoms with Crippen molar-refractivity contribution in [2.45, 2.75) is 26.8 Å². The SMILES string of the molecule is CCN[C@H](C)CNC(=O)c1c(C)c2ccccc2[nH]c1=O.Cl. The molecule has 0 saturated carbocycles. The predicted molar refractivity (Wildman–Crippen MR) is 92.0 cm³/mol. The molecule has 120 valence electrons. The molecule has 0 bridgehead atoms. The standard InChI is InChI=1S/C16H21N3O2.ClH/c1-4-17-10(2)9-18-15(20)14-11(3)12-7-5-6-8-13(12)19-16(14)21;/h5-8,10,17H,4,9H2,1-3H3,(H,18,20)(H,19,21);1H/t10-;/m1./s1. The summed E-state index contributed by atoms with van der Waals surface area (Å²) in [6.45, 7) is 7.13. The molecule has 3 N–H and O–H groups in total. The summed E-state index contributed by atoms with van der Waals surface area (Å²) in [5.41, 5.74) is 1.30. The van der Waals surface area contributed by atoms with Crippen molar-refractivity contribution in [3.8, 4) is 0 Å². The Morgan fingerprint density at radius 3 is 2.68 bits per heavy atom. The molecule has 2 rings (SSSR count). The zero-order valence-electron chi connectivity index (χ0n) is 13.0. The summed E-state index contributed by atoms with van der Waals surface area (Å²) in [6.07, 6.45) is 0. The number of hydrogen-bond acceptors (Lipinski definition) is 3. The van der Waals surface area contributed by atoms with E-state index in [9.17, 15) is 9.59 Å². The summed E-state index contributed by atoms with van der Waals surface area (Å²) in [7, 11) is 0. The van der Waals surface area contributed by atoms with Crippen molar-refractivity contribution < 1.29 is 4.79 Å². The molecule has 22 heavy (non-hydrogen) atoms. The number of fused-ring (bicyclic) bond motifs is 1. The van der Waals surface area contributed by atoms with E-state index in [1.54, 1.807) is 6.92 Å². The number of para-hydroxylation sites is 1. The van der Waals surface area contributed by atoms with Crippen molar-refractivity contribution >= 4 is 29.2 Å². The Bertz CT molecular complexity index is 712. The molecule has 0 aliphatic heterocycles. The molecule has 0 fully saturated rings. The number of aromatic amines is 1. The summed E-state index contributed by atoms with van der Waals surface area (Å²) < 4.78 is 0. The first-order chi connectivity index (χ1) is 10.0. The number of amides is 1. The molecule has 1 aromatic heterocycles. The number of benzene rings is 1. The van der Waals surface area contributed by atoms with Gasteiger partial charge in [-0.15, -0.1) is 12.4 Å². The largest absolute Gasteiger partial charge is 0.350 e. The van der Waals surface area contributed by atoms with Crippen molar-refractivity contribution in [1.82, 2.24) is 15.6 Å². The second-order valence-electron chi connectivity index (χ2n) is 5.17. The van der Waals surface area contributed by atoms with E-state index in [-0.39, 0.29) is 35.5 Å². The highest BCUT2D eigenvalue weighted by Crippen LogP contribution is 2.16. The van der Waals surface area contributed by atoms with Crippen LogP contribution >= 0.6 is 12.4 Å². The Morgan fingerprint density at radius 2 is 2.00 bits per heavy atom. The molecule has 6 heteroatoms. The first-order valence-electron chi connectivity index (χ1n) is 7.17. The number of nitrogens with one attached hydrogen (secondary N) is 3. The lowest BCUT2D eigenvalue weighted by Gasteiger charge is -2.14. The van der Waals surface area contributed by atoms with E-state index in [0.29, 0.717) is 12.1 Å². The van der Waals surface area contributed by atoms with Crippen molar-refractivity contribution in [3.05, 3.63) is 45.7 Å². The smallest absolute Gasteiger partial charge is 0.261 e. The van der Waals surface area contributed by atoms with Crippen LogP contribution in [-0.4, -0.2) is 30.0 Å². The highest BCUT2D eigenvalue weighted by atomic mass is 35.5. The third-order valence-electron chi connectivity index (χ3n) is 3.53. The lowest BCUT2D eigenvalue weighted by atomic mass is 10.0. The van der Waals surface area contributed by atoms with Gasteiger partial charge in [0.15, 0.2) is 0 Å². The number of carbonyl (C=O) groups excluding carboxylic acids is 1. The third-order valence-corrected chi connectivity index (χ3v) is 3.53. The number of aromatic nitrogens is 1. The van der Waals surface area contributed by atoms with E-state index in [0.717, 1.165) is 17.4 Å². The minimum atomic E-state index is -0.347. The maximum Gasteiger partial charge on any atom is 0.261 e. The molecule has 0 aliphatic rings. The van der Waals surface area contributed by atoms with Gasteiger partial charge in [-0.2, -0.15) is 0 Å². The van der Waals surface area contributed by atoms with Crippen LogP contribution < -0.4 is 16.2 Å². The lowest BCUT2D eigenvalue weighted by molar-refractivity contribution is 0.0948. The minimum Gasteiger partial charge on any atom is -0.350 e. The van der Waals surface area contributed by atoms with Crippen molar-refractivity contribution in [1.29, 1.82) is 0 Å². The first kappa shape index (κ1) is 18.2. The van der Waals surface area contributed by atoms with Gasteiger partial charge in [0.1, 0.15) is 5.56 Å². The van der Waals surface area contributed by atoms with Crippen LogP contribution in [-0.2, 0) is 0 Å². The summed E-state index contributed by atoms with van der Waals surface area (Å²) in [6, 6.07) is 7.65. The van der Waals surface area contributed by atoms with Crippen LogP contribution in [0.25, 0.3) is 10.9 Å². The van der Waals surface area contributed by atoms with Gasteiger partial charge in [-0.05, 0) is 32.0 Å². The van der Waals surface area contributed by atoms with Gasteiger partial charge >= 0.3 is 0 Å². The molecular formula is C16H22ClN3O2. The molecule has 1 aromatic carbocycles. The topological polar surface area (TPSA) is 74.0 Å². The van der Waals surface area contributed by atoms with E-state index in [4.69, 9.17) is 0 Å². The molecule has 1 amide bonds. The van der Waals surface area contributed by atoms with E-state index in [1.807, 2.05) is 38.1 Å². The first-order valence-corrected chi connectivity index (χ1v) is 7.17. The van der Waals surface area contributed by atoms with Crippen LogP contribution in [0.3, 0.4) is 0 Å². The maximum absolute atomic E-state index is 12.3. The van der Waals surface area contributed by atoms with E-state index < -0.39 is 0 Å². The zero-order chi connectivity index (χ0) is 15.4. The Hall–Kier alpha value is -1.85. The van der Waals surface area contributed by atoms with Crippen molar-refractivity contribution in [3.63, 3.8) is 0 Å². The summed E-state index contributed by atoms with van der Waals surface area (Å²) in [5.74, 6) is -0.329. The molecular weight excluding hydrogens is 302 g/mol. The quantitative estimate of drug-likeness (QED) is 0.787. The number of carbonyl (C=O) groups is 1. The molecule has 0 radical (unpaired) electrons. The molecule has 2 aromatic rings. The minimum absolute atomic E-state index is 0. The number of likely N-dealkylation sites (N-methyl/N-ethyl adjacent to an activating group) is 1. The van der Waals surface area contributed by atoms with Gasteiger partial charge in [-0.1, -0.05) is 25.1 Å². The highest BCUT2D eigenvalue weighted by molar-refractivity contribution is 5.99. The fourth-order valence-corrected chi connectivity index (χ4v) is 2.44. The van der Waals surface area contributed by atoms with Gasteiger partial charge in [0.05, 0.1) is 0 Å². The number of rotatable bonds is 5. The monoisotopic (exact) mass is 323 g/mol. The summed E-state index contributed by atoms with van der Waals surface area (Å²) in [4.78, 5) is 27.2. The van der Waals surface area contributed by atoms with Gasteiger partial charge in [0, 0.05) is 23.5 Å². The molecule has 0 aliphatic carbocycles.